The summed E-state index contributed by atoms with van der Waals surface area (Å²) in [6.45, 7) is 7.48. The molecule has 1 heterocycles. The number of guanidine groups is 1. The van der Waals surface area contributed by atoms with Gasteiger partial charge in [0.05, 0.1) is 18.8 Å². The smallest absolute Gasteiger partial charge is 0.208 e. The second-order valence-electron chi connectivity index (χ2n) is 6.73. The number of halogens is 1. The van der Waals surface area contributed by atoms with E-state index in [1.165, 1.54) is 0 Å². The molecule has 0 fully saturated rings. The van der Waals surface area contributed by atoms with E-state index in [9.17, 15) is 8.42 Å². The molecule has 0 aliphatic carbocycles. The van der Waals surface area contributed by atoms with E-state index >= 15 is 0 Å². The molecule has 9 heteroatoms. The molecule has 1 aliphatic heterocycles. The minimum Gasteiger partial charge on any atom is -0.487 e. The first kappa shape index (κ1) is 23.0. The molecule has 2 rings (SSSR count). The van der Waals surface area contributed by atoms with Gasteiger partial charge in [0.25, 0.3) is 0 Å². The van der Waals surface area contributed by atoms with Crippen LogP contribution in [0.2, 0.25) is 0 Å². The van der Waals surface area contributed by atoms with Crippen molar-refractivity contribution in [3.8, 4) is 5.75 Å². The highest BCUT2D eigenvalue weighted by Crippen LogP contribution is 2.39. The monoisotopic (exact) mass is 496 g/mol. The molecule has 1 aromatic rings. The summed E-state index contributed by atoms with van der Waals surface area (Å²) >= 11 is 0. The fraction of sp³-hybridized carbons (Fsp3) is 0.588. The van der Waals surface area contributed by atoms with Crippen molar-refractivity contribution in [3.63, 3.8) is 0 Å². The average molecular weight is 496 g/mol. The fourth-order valence-corrected chi connectivity index (χ4v) is 3.28. The number of aliphatic imine (C=N–C) groups is 1. The van der Waals surface area contributed by atoms with Crippen molar-refractivity contribution < 1.29 is 13.2 Å². The molecule has 3 N–H and O–H groups in total. The first-order valence-electron chi connectivity index (χ1n) is 8.47. The van der Waals surface area contributed by atoms with Crippen molar-refractivity contribution in [1.82, 2.24) is 15.4 Å². The highest BCUT2D eigenvalue weighted by atomic mass is 127. The van der Waals surface area contributed by atoms with Gasteiger partial charge in [-0.2, -0.15) is 0 Å². The molecule has 148 valence electrons. The number of ether oxygens (including phenoxy) is 1. The van der Waals surface area contributed by atoms with Gasteiger partial charge in [-0.05, 0) is 26.8 Å². The van der Waals surface area contributed by atoms with E-state index in [1.807, 2.05) is 25.1 Å². The van der Waals surface area contributed by atoms with Gasteiger partial charge in [0, 0.05) is 25.1 Å². The Morgan fingerprint density at radius 3 is 2.69 bits per heavy atom. The van der Waals surface area contributed by atoms with Crippen molar-refractivity contribution in [3.05, 3.63) is 29.8 Å². The van der Waals surface area contributed by atoms with Gasteiger partial charge in [0.2, 0.25) is 10.0 Å². The maximum atomic E-state index is 11.1. The molecule has 1 aromatic carbocycles. The van der Waals surface area contributed by atoms with E-state index in [0.717, 1.165) is 30.5 Å². The van der Waals surface area contributed by atoms with Crippen LogP contribution >= 0.6 is 24.0 Å². The third kappa shape index (κ3) is 7.28. The summed E-state index contributed by atoms with van der Waals surface area (Å²) in [5.41, 5.74) is 0.822. The molecule has 1 aliphatic rings. The van der Waals surface area contributed by atoms with E-state index in [4.69, 9.17) is 4.74 Å². The van der Waals surface area contributed by atoms with Gasteiger partial charge in [-0.1, -0.05) is 18.2 Å². The lowest BCUT2D eigenvalue weighted by Crippen LogP contribution is -2.45. The number of rotatable bonds is 6. The zero-order chi connectivity index (χ0) is 18.5. The molecular formula is C17H29IN4O3S. The van der Waals surface area contributed by atoms with E-state index in [0.29, 0.717) is 12.5 Å². The third-order valence-electron chi connectivity index (χ3n) is 3.78. The Kier molecular flexibility index (Phi) is 8.61. The first-order chi connectivity index (χ1) is 11.7. The van der Waals surface area contributed by atoms with Crippen LogP contribution in [0.1, 0.15) is 38.8 Å². The lowest BCUT2D eigenvalue weighted by atomic mass is 9.90. The van der Waals surface area contributed by atoms with E-state index in [1.54, 1.807) is 0 Å². The van der Waals surface area contributed by atoms with E-state index < -0.39 is 10.0 Å². The van der Waals surface area contributed by atoms with Gasteiger partial charge in [-0.15, -0.1) is 24.0 Å². The van der Waals surface area contributed by atoms with Crippen LogP contribution in [0.3, 0.4) is 0 Å². The maximum Gasteiger partial charge on any atom is 0.208 e. The second-order valence-corrected chi connectivity index (χ2v) is 8.56. The van der Waals surface area contributed by atoms with Crippen LogP contribution in [0.5, 0.6) is 5.75 Å². The number of hydrogen-bond donors (Lipinski definition) is 3. The Labute approximate surface area is 173 Å². The Bertz CT molecular complexity index is 722. The number of hydrogen-bond acceptors (Lipinski definition) is 4. The Morgan fingerprint density at radius 2 is 2.04 bits per heavy atom. The van der Waals surface area contributed by atoms with Crippen LogP contribution < -0.4 is 20.1 Å². The zero-order valence-electron chi connectivity index (χ0n) is 15.7. The number of para-hydroxylation sites is 1. The molecule has 0 radical (unpaired) electrons. The summed E-state index contributed by atoms with van der Waals surface area (Å²) in [6.07, 6.45) is 1.94. The van der Waals surface area contributed by atoms with Crippen molar-refractivity contribution in [2.75, 3.05) is 25.9 Å². The van der Waals surface area contributed by atoms with Gasteiger partial charge >= 0.3 is 0 Å². The van der Waals surface area contributed by atoms with Crippen LogP contribution in [0.25, 0.3) is 0 Å². The number of benzene rings is 1. The van der Waals surface area contributed by atoms with Gasteiger partial charge in [0.1, 0.15) is 11.4 Å². The summed E-state index contributed by atoms with van der Waals surface area (Å²) < 4.78 is 30.7. The summed E-state index contributed by atoms with van der Waals surface area (Å²) in [4.78, 5) is 4.46. The fourth-order valence-electron chi connectivity index (χ4n) is 2.81. The van der Waals surface area contributed by atoms with E-state index in [2.05, 4.69) is 40.3 Å². The predicted molar refractivity (Wildman–Crippen MR) is 116 cm³/mol. The first-order valence-corrected chi connectivity index (χ1v) is 10.4. The van der Waals surface area contributed by atoms with Crippen LogP contribution in [0.15, 0.2) is 29.3 Å². The molecule has 0 spiro atoms. The minimum atomic E-state index is -3.19. The molecule has 26 heavy (non-hydrogen) atoms. The van der Waals surface area contributed by atoms with Crippen LogP contribution in [-0.2, 0) is 10.0 Å². The number of nitrogens with zero attached hydrogens (tertiary/aromatic N) is 1. The van der Waals surface area contributed by atoms with Crippen LogP contribution in [-0.4, -0.2) is 45.9 Å². The molecule has 1 unspecified atom stereocenters. The van der Waals surface area contributed by atoms with Crippen molar-refractivity contribution in [2.45, 2.75) is 38.8 Å². The van der Waals surface area contributed by atoms with Gasteiger partial charge in [-0.25, -0.2) is 13.1 Å². The predicted octanol–water partition coefficient (Wildman–Crippen LogP) is 2.01. The summed E-state index contributed by atoms with van der Waals surface area (Å²) in [6, 6.07) is 8.06. The molecule has 0 amide bonds. The van der Waals surface area contributed by atoms with Crippen molar-refractivity contribution in [2.24, 2.45) is 4.99 Å². The Morgan fingerprint density at radius 1 is 1.35 bits per heavy atom. The maximum absolute atomic E-state index is 11.1. The van der Waals surface area contributed by atoms with Crippen LogP contribution in [0.4, 0.5) is 0 Å². The molecular weight excluding hydrogens is 467 g/mol. The number of sulfonamides is 1. The van der Waals surface area contributed by atoms with Gasteiger partial charge in [-0.3, -0.25) is 4.99 Å². The largest absolute Gasteiger partial charge is 0.487 e. The Hall–Kier alpha value is -1.07. The van der Waals surface area contributed by atoms with E-state index in [-0.39, 0.29) is 42.2 Å². The molecule has 0 saturated carbocycles. The van der Waals surface area contributed by atoms with Gasteiger partial charge in [0.15, 0.2) is 5.96 Å². The molecule has 7 nitrogen and oxygen atoms in total. The third-order valence-corrected chi connectivity index (χ3v) is 4.51. The highest BCUT2D eigenvalue weighted by Gasteiger charge is 2.33. The highest BCUT2D eigenvalue weighted by molar-refractivity contribution is 14.0. The number of fused-ring (bicyclic) bond motifs is 1. The van der Waals surface area contributed by atoms with Crippen LogP contribution in [0, 0.1) is 0 Å². The molecule has 0 saturated heterocycles. The summed E-state index contributed by atoms with van der Waals surface area (Å²) in [7, 11) is -3.19. The average Bonchev–Trinajstić information content (AvgIpc) is 2.49. The SMILES string of the molecule is CCNC(=NCCNS(C)(=O)=O)NC1CC(C)(C)Oc2ccccc21.I. The molecule has 0 aromatic heterocycles. The lowest BCUT2D eigenvalue weighted by molar-refractivity contribution is 0.0694. The summed E-state index contributed by atoms with van der Waals surface area (Å²) in [5, 5.41) is 6.65. The van der Waals surface area contributed by atoms with Crippen molar-refractivity contribution in [1.29, 1.82) is 0 Å². The van der Waals surface area contributed by atoms with Gasteiger partial charge < -0.3 is 15.4 Å². The quantitative estimate of drug-likeness (QED) is 0.243. The van der Waals surface area contributed by atoms with Crippen molar-refractivity contribution >= 4 is 40.0 Å². The lowest BCUT2D eigenvalue weighted by Gasteiger charge is -2.38. The Balaban J connectivity index is 0.00000338. The molecule has 0 bridgehead atoms. The minimum absolute atomic E-state index is 0. The topological polar surface area (TPSA) is 91.8 Å². The molecule has 1 atom stereocenters. The standard InChI is InChI=1S/C17H28N4O3S.HI/c1-5-18-16(19-10-11-20-25(4,22)23)21-14-12-17(2,3)24-15-9-7-6-8-13(14)15;/h6-9,14,20H,5,10-12H2,1-4H3,(H2,18,19,21);1H. The zero-order valence-corrected chi connectivity index (χ0v) is 18.9. The second kappa shape index (κ2) is 9.75. The summed E-state index contributed by atoms with van der Waals surface area (Å²) in [5.74, 6) is 1.54. The number of nitrogens with one attached hydrogen (secondary N) is 3. The normalized spacial score (nSPS) is 18.9.